The van der Waals surface area contributed by atoms with E-state index in [0.29, 0.717) is 18.8 Å². The normalized spacial score (nSPS) is 21.6. The lowest BCUT2D eigenvalue weighted by molar-refractivity contribution is -0.471. The molecule has 2 fully saturated rings. The lowest BCUT2D eigenvalue weighted by Gasteiger charge is -2.27. The molecular weight excluding hydrogens is 244 g/mol. The molecule has 1 aliphatic carbocycles. The van der Waals surface area contributed by atoms with Crippen LogP contribution in [0.2, 0.25) is 0 Å². The Hall–Kier alpha value is -1.44. The fourth-order valence-electron chi connectivity index (χ4n) is 1.82. The van der Waals surface area contributed by atoms with Crippen molar-refractivity contribution in [2.24, 2.45) is 0 Å². The maximum absolute atomic E-state index is 9.55. The van der Waals surface area contributed by atoms with E-state index < -0.39 is 11.9 Å². The topological polar surface area (TPSA) is 102 Å². The van der Waals surface area contributed by atoms with Crippen LogP contribution in [0.3, 0.4) is 0 Å². The third-order valence-corrected chi connectivity index (χ3v) is 2.71. The van der Waals surface area contributed by atoms with E-state index in [4.69, 9.17) is 20.0 Å². The fraction of sp³-hybridized carbons (Fsp3) is 0.636. The van der Waals surface area contributed by atoms with Crippen molar-refractivity contribution >= 4 is 11.9 Å². The first-order valence-electron chi connectivity index (χ1n) is 5.65. The minimum Gasteiger partial charge on any atom is -0.478 e. The standard InChI is InChI=1S/C7H12O3.C4H4O4/c1-2-4-7(5-3-1)6-8-10-9-7;5-3(6)1-2-4(7)8/h1-6H2;1-2H,(H,5,6)(H,7,8). The average Bonchev–Trinajstić information content (AvgIpc) is 2.77. The van der Waals surface area contributed by atoms with Crippen LogP contribution in [0, 0.1) is 0 Å². The van der Waals surface area contributed by atoms with Gasteiger partial charge in [-0.25, -0.2) is 14.5 Å². The summed E-state index contributed by atoms with van der Waals surface area (Å²) in [5.74, 6) is -2.51. The zero-order chi connectivity index (χ0) is 13.4. The lowest BCUT2D eigenvalue weighted by atomic mass is 9.86. The maximum Gasteiger partial charge on any atom is 0.328 e. The van der Waals surface area contributed by atoms with Crippen molar-refractivity contribution in [1.29, 1.82) is 0 Å². The SMILES string of the molecule is C1CCC2(CC1)COOO2.O=C(O)C=CC(=O)O. The summed E-state index contributed by atoms with van der Waals surface area (Å²) in [6.07, 6.45) is 7.11. The van der Waals surface area contributed by atoms with Gasteiger partial charge in [0, 0.05) is 12.2 Å². The van der Waals surface area contributed by atoms with Gasteiger partial charge in [-0.1, -0.05) is 24.3 Å². The van der Waals surface area contributed by atoms with E-state index >= 15 is 0 Å². The summed E-state index contributed by atoms with van der Waals surface area (Å²) in [6.45, 7) is 0.618. The molecule has 0 amide bonds. The first-order chi connectivity index (χ1) is 8.54. The summed E-state index contributed by atoms with van der Waals surface area (Å²) in [5, 5.41) is 20.1. The molecule has 2 rings (SSSR count). The van der Waals surface area contributed by atoms with Crippen LogP contribution in [0.1, 0.15) is 32.1 Å². The van der Waals surface area contributed by atoms with Gasteiger partial charge < -0.3 is 10.2 Å². The maximum atomic E-state index is 9.55. The molecule has 0 bridgehead atoms. The number of aliphatic carboxylic acids is 2. The van der Waals surface area contributed by atoms with Gasteiger partial charge in [0.1, 0.15) is 12.2 Å². The van der Waals surface area contributed by atoms with Crippen LogP contribution in [0.5, 0.6) is 0 Å². The van der Waals surface area contributed by atoms with Gasteiger partial charge in [0.25, 0.3) is 0 Å². The van der Waals surface area contributed by atoms with E-state index in [0.717, 1.165) is 12.8 Å². The van der Waals surface area contributed by atoms with Crippen molar-refractivity contribution < 1.29 is 34.6 Å². The van der Waals surface area contributed by atoms with Gasteiger partial charge in [0.15, 0.2) is 0 Å². The van der Waals surface area contributed by atoms with E-state index in [-0.39, 0.29) is 5.60 Å². The molecule has 1 heterocycles. The highest BCUT2D eigenvalue weighted by atomic mass is 17.5. The number of carbonyl (C=O) groups is 2. The Morgan fingerprint density at radius 2 is 1.56 bits per heavy atom. The molecular formula is C11H16O7. The van der Waals surface area contributed by atoms with Gasteiger partial charge in [0.2, 0.25) is 0 Å². The van der Waals surface area contributed by atoms with Crippen LogP contribution in [-0.2, 0) is 24.4 Å². The van der Waals surface area contributed by atoms with Crippen molar-refractivity contribution in [3.8, 4) is 0 Å². The highest BCUT2D eigenvalue weighted by Crippen LogP contribution is 2.35. The number of hydrogen-bond acceptors (Lipinski definition) is 5. The Morgan fingerprint density at radius 1 is 1.00 bits per heavy atom. The molecule has 0 aromatic carbocycles. The molecule has 1 saturated heterocycles. The highest BCUT2D eigenvalue weighted by molar-refractivity contribution is 5.89. The van der Waals surface area contributed by atoms with Crippen LogP contribution in [0.15, 0.2) is 12.2 Å². The Morgan fingerprint density at radius 3 is 1.94 bits per heavy atom. The van der Waals surface area contributed by atoms with Crippen LogP contribution in [0.25, 0.3) is 0 Å². The van der Waals surface area contributed by atoms with Crippen molar-refractivity contribution in [3.63, 3.8) is 0 Å². The smallest absolute Gasteiger partial charge is 0.328 e. The monoisotopic (exact) mass is 260 g/mol. The summed E-state index contributed by atoms with van der Waals surface area (Å²) >= 11 is 0. The minimum atomic E-state index is -1.26. The predicted molar refractivity (Wildman–Crippen MR) is 58.3 cm³/mol. The van der Waals surface area contributed by atoms with Gasteiger partial charge in [-0.05, 0) is 12.8 Å². The van der Waals surface area contributed by atoms with E-state index in [1.54, 1.807) is 0 Å². The van der Waals surface area contributed by atoms with Gasteiger partial charge in [0.05, 0.1) is 0 Å². The second-order valence-electron chi connectivity index (χ2n) is 4.17. The zero-order valence-corrected chi connectivity index (χ0v) is 9.83. The molecule has 0 aromatic rings. The Bertz CT molecular complexity index is 293. The number of hydrogen-bond donors (Lipinski definition) is 2. The summed E-state index contributed by atoms with van der Waals surface area (Å²) in [4.78, 5) is 28.9. The molecule has 18 heavy (non-hydrogen) atoms. The molecule has 102 valence electrons. The number of rotatable bonds is 2. The third kappa shape index (κ3) is 5.26. The second-order valence-corrected chi connectivity index (χ2v) is 4.17. The summed E-state index contributed by atoms with van der Waals surface area (Å²) < 4.78 is 0. The van der Waals surface area contributed by atoms with Crippen molar-refractivity contribution in [2.75, 3.05) is 6.61 Å². The predicted octanol–water partition coefficient (Wildman–Crippen LogP) is 1.29. The molecule has 2 N–H and O–H groups in total. The summed E-state index contributed by atoms with van der Waals surface area (Å²) in [6, 6.07) is 0. The summed E-state index contributed by atoms with van der Waals surface area (Å²) in [5.41, 5.74) is -0.0712. The molecule has 0 unspecified atom stereocenters. The van der Waals surface area contributed by atoms with Crippen LogP contribution in [-0.4, -0.2) is 34.4 Å². The zero-order valence-electron chi connectivity index (χ0n) is 9.83. The average molecular weight is 260 g/mol. The molecule has 1 spiro atoms. The number of carboxylic acids is 2. The van der Waals surface area contributed by atoms with Gasteiger partial charge in [-0.3, -0.25) is 0 Å². The molecule has 2 aliphatic rings. The highest BCUT2D eigenvalue weighted by Gasteiger charge is 2.39. The van der Waals surface area contributed by atoms with Crippen LogP contribution in [0.4, 0.5) is 0 Å². The van der Waals surface area contributed by atoms with E-state index in [1.807, 2.05) is 0 Å². The molecule has 1 saturated carbocycles. The molecule has 0 atom stereocenters. The second kappa shape index (κ2) is 7.10. The molecule has 0 aromatic heterocycles. The van der Waals surface area contributed by atoms with Gasteiger partial charge in [-0.15, -0.1) is 0 Å². The Balaban J connectivity index is 0.000000187. The van der Waals surface area contributed by atoms with Crippen LogP contribution >= 0.6 is 0 Å². The lowest BCUT2D eigenvalue weighted by Crippen LogP contribution is -2.33. The van der Waals surface area contributed by atoms with Crippen molar-refractivity contribution in [1.82, 2.24) is 0 Å². The van der Waals surface area contributed by atoms with Crippen LogP contribution < -0.4 is 0 Å². The Kier molecular flexibility index (Phi) is 5.76. The first-order valence-corrected chi connectivity index (χ1v) is 5.65. The molecule has 7 nitrogen and oxygen atoms in total. The van der Waals surface area contributed by atoms with E-state index in [9.17, 15) is 9.59 Å². The van der Waals surface area contributed by atoms with Gasteiger partial charge >= 0.3 is 11.9 Å². The molecule has 0 radical (unpaired) electrons. The van der Waals surface area contributed by atoms with Gasteiger partial charge in [-0.2, -0.15) is 4.89 Å². The third-order valence-electron chi connectivity index (χ3n) is 2.71. The fourth-order valence-corrected chi connectivity index (χ4v) is 1.82. The van der Waals surface area contributed by atoms with Crippen molar-refractivity contribution in [2.45, 2.75) is 37.7 Å². The minimum absolute atomic E-state index is 0.0712. The first kappa shape index (κ1) is 14.6. The van der Waals surface area contributed by atoms with Crippen molar-refractivity contribution in [3.05, 3.63) is 12.2 Å². The quantitative estimate of drug-likeness (QED) is 0.569. The largest absolute Gasteiger partial charge is 0.478 e. The Labute approximate surface area is 104 Å². The van der Waals surface area contributed by atoms with E-state index in [1.165, 1.54) is 19.3 Å². The number of carboxylic acid groups (broad SMARTS) is 2. The summed E-state index contributed by atoms with van der Waals surface area (Å²) in [7, 11) is 0. The molecule has 7 heteroatoms. The van der Waals surface area contributed by atoms with E-state index in [2.05, 4.69) is 5.04 Å². The molecule has 1 aliphatic heterocycles.